The Bertz CT molecular complexity index is 553. The van der Waals surface area contributed by atoms with Crippen molar-refractivity contribution in [3.8, 4) is 0 Å². The molecular formula is C29H76Si7. The summed E-state index contributed by atoms with van der Waals surface area (Å²) in [4.78, 5) is 0. The zero-order chi connectivity index (χ0) is 29.6. The van der Waals surface area contributed by atoms with Gasteiger partial charge < -0.3 is 0 Å². The van der Waals surface area contributed by atoms with Gasteiger partial charge in [0.2, 0.25) is 0 Å². The quantitative estimate of drug-likeness (QED) is 0.169. The molecule has 0 bridgehead atoms. The molecular weight excluding hydrogens is 545 g/mol. The lowest BCUT2D eigenvalue weighted by molar-refractivity contribution is 0.832. The molecule has 0 amide bonds. The van der Waals surface area contributed by atoms with Gasteiger partial charge in [0.15, 0.2) is 0 Å². The van der Waals surface area contributed by atoms with Crippen molar-refractivity contribution in [2.75, 3.05) is 0 Å². The molecule has 0 aliphatic rings. The molecule has 0 spiro atoms. The van der Waals surface area contributed by atoms with Gasteiger partial charge in [0, 0.05) is 56.5 Å². The molecule has 0 fully saturated rings. The minimum Gasteiger partial charge on any atom is -0.0698 e. The summed E-state index contributed by atoms with van der Waals surface area (Å²) in [6.45, 7) is 51.6. The number of rotatable bonds is 14. The van der Waals surface area contributed by atoms with Crippen LogP contribution in [0.2, 0.25) is 144 Å². The van der Waals surface area contributed by atoms with Crippen LogP contribution in [0, 0.1) is 0 Å². The number of hydrogen-bond donors (Lipinski definition) is 0. The van der Waals surface area contributed by atoms with E-state index in [1.54, 1.807) is 28.3 Å². The molecule has 7 heteroatoms. The van der Waals surface area contributed by atoms with Crippen LogP contribution in [0.15, 0.2) is 0 Å². The highest BCUT2D eigenvalue weighted by Gasteiger charge is 2.46. The Labute approximate surface area is 240 Å². The topological polar surface area (TPSA) is 0 Å². The molecule has 0 nitrogen and oxygen atoms in total. The summed E-state index contributed by atoms with van der Waals surface area (Å²) < 4.78 is 0. The summed E-state index contributed by atoms with van der Waals surface area (Å²) in [7, 11) is -6.79. The van der Waals surface area contributed by atoms with Gasteiger partial charge in [-0.25, -0.2) is 0 Å². The standard InChI is InChI=1S/C16H42Si4.C13H34Si3/c1-12-16(2)20(13-17(3,4)5,14-18(6,7)8)15-19(9,10)11;1-10-13(2)16(9,11-14(3,4)5)12-15(6,7)8/h16H,12-15H2,1-11H3;13H,10-12H2,1-9H3. The lowest BCUT2D eigenvalue weighted by Gasteiger charge is -2.47. The average Bonchev–Trinajstić information content (AvgIpc) is 2.52. The van der Waals surface area contributed by atoms with E-state index in [0.717, 1.165) is 11.1 Å². The van der Waals surface area contributed by atoms with Crippen LogP contribution in [0.4, 0.5) is 0 Å². The van der Waals surface area contributed by atoms with Crippen molar-refractivity contribution in [1.29, 1.82) is 0 Å². The molecule has 0 radical (unpaired) electrons. The Balaban J connectivity index is 0. The van der Waals surface area contributed by atoms with Gasteiger partial charge >= 0.3 is 0 Å². The smallest absolute Gasteiger partial charge is 0.0485 e. The van der Waals surface area contributed by atoms with Crippen LogP contribution < -0.4 is 0 Å². The predicted octanol–water partition coefficient (Wildman–Crippen LogP) is 12.5. The first-order valence-electron chi connectivity index (χ1n) is 15.5. The van der Waals surface area contributed by atoms with Gasteiger partial charge in [-0.15, -0.1) is 0 Å². The van der Waals surface area contributed by atoms with Crippen LogP contribution in [0.25, 0.3) is 0 Å². The zero-order valence-corrected chi connectivity index (χ0v) is 36.6. The van der Waals surface area contributed by atoms with E-state index in [2.05, 4.69) is 132 Å². The Hall–Kier alpha value is 1.52. The highest BCUT2D eigenvalue weighted by atomic mass is 28.4. The van der Waals surface area contributed by atoms with Gasteiger partial charge in [-0.3, -0.25) is 0 Å². The maximum atomic E-state index is 2.71. The van der Waals surface area contributed by atoms with E-state index in [-0.39, 0.29) is 0 Å². The highest BCUT2D eigenvalue weighted by molar-refractivity contribution is 7.08. The SMILES string of the molecule is CCC(C)[Si](C)(C[Si](C)(C)C)C[Si](C)(C)C.CCC(C)[Si](C[Si](C)(C)C)(C[Si](C)(C)C)C[Si](C)(C)C. The monoisotopic (exact) mass is 620 g/mol. The van der Waals surface area contributed by atoms with Crippen molar-refractivity contribution in [2.24, 2.45) is 0 Å². The molecule has 0 saturated carbocycles. The fraction of sp³-hybridized carbons (Fsp3) is 1.00. The van der Waals surface area contributed by atoms with Crippen LogP contribution in [-0.2, 0) is 0 Å². The second-order valence-electron chi connectivity index (χ2n) is 19.3. The fourth-order valence-corrected chi connectivity index (χ4v) is 67.7. The summed E-state index contributed by atoms with van der Waals surface area (Å²) >= 11 is 0. The first-order chi connectivity index (χ1) is 15.5. The van der Waals surface area contributed by atoms with Crippen molar-refractivity contribution in [3.05, 3.63) is 0 Å². The molecule has 0 aromatic carbocycles. The Morgan fingerprint density at radius 3 is 0.750 bits per heavy atom. The van der Waals surface area contributed by atoms with Gasteiger partial charge in [0.25, 0.3) is 0 Å². The zero-order valence-electron chi connectivity index (χ0n) is 29.6. The minimum absolute atomic E-state index is 0.887. The highest BCUT2D eigenvalue weighted by Crippen LogP contribution is 2.44. The molecule has 0 heterocycles. The van der Waals surface area contributed by atoms with Gasteiger partial charge in [-0.05, 0) is 11.1 Å². The summed E-state index contributed by atoms with van der Waals surface area (Å²) in [5.41, 5.74) is 10.4. The molecule has 0 saturated heterocycles. The van der Waals surface area contributed by atoms with Crippen molar-refractivity contribution in [3.63, 3.8) is 0 Å². The second kappa shape index (κ2) is 14.4. The summed E-state index contributed by atoms with van der Waals surface area (Å²) in [6, 6.07) is 0. The average molecular weight is 622 g/mol. The van der Waals surface area contributed by atoms with E-state index in [1.165, 1.54) is 12.8 Å². The Kier molecular flexibility index (Phi) is 15.9. The molecule has 2 atom stereocenters. The van der Waals surface area contributed by atoms with Crippen molar-refractivity contribution < 1.29 is 0 Å². The van der Waals surface area contributed by atoms with Crippen molar-refractivity contribution in [2.45, 2.75) is 185 Å². The first-order valence-corrected chi connectivity index (χ1v) is 39.7. The van der Waals surface area contributed by atoms with Gasteiger partial charge in [-0.1, -0.05) is 174 Å². The molecule has 0 aliphatic heterocycles. The molecule has 0 N–H and O–H groups in total. The molecule has 2 unspecified atom stereocenters. The largest absolute Gasteiger partial charge is 0.0698 e. The summed E-state index contributed by atoms with van der Waals surface area (Å²) in [5.74, 6) is 0. The first kappa shape index (κ1) is 39.7. The molecule has 36 heavy (non-hydrogen) atoms. The van der Waals surface area contributed by atoms with Crippen LogP contribution in [-0.4, -0.2) is 56.5 Å². The Morgan fingerprint density at radius 2 is 0.583 bits per heavy atom. The molecule has 0 aromatic heterocycles. The number of hydrogen-bond acceptors (Lipinski definition) is 0. The van der Waals surface area contributed by atoms with E-state index in [1.807, 2.05) is 0 Å². The summed E-state index contributed by atoms with van der Waals surface area (Å²) in [5, 5.41) is 0. The maximum Gasteiger partial charge on any atom is 0.0485 e. The normalized spacial score (nSPS) is 16.3. The minimum atomic E-state index is -1.12. The third-order valence-electron chi connectivity index (χ3n) is 7.98. The third kappa shape index (κ3) is 18.7. The molecule has 220 valence electrons. The molecule has 0 aromatic rings. The summed E-state index contributed by atoms with van der Waals surface area (Å²) in [6.07, 6.45) is 2.82. The van der Waals surface area contributed by atoms with E-state index < -0.39 is 56.5 Å². The van der Waals surface area contributed by atoms with Crippen LogP contribution >= 0.6 is 0 Å². The fourth-order valence-electron chi connectivity index (χ4n) is 7.64. The van der Waals surface area contributed by atoms with Crippen molar-refractivity contribution >= 4 is 56.5 Å². The van der Waals surface area contributed by atoms with E-state index in [4.69, 9.17) is 0 Å². The van der Waals surface area contributed by atoms with Crippen molar-refractivity contribution in [1.82, 2.24) is 0 Å². The molecule has 0 aliphatic carbocycles. The lowest BCUT2D eigenvalue weighted by Crippen LogP contribution is -2.54. The third-order valence-corrected chi connectivity index (χ3v) is 49.4. The van der Waals surface area contributed by atoms with E-state index in [9.17, 15) is 0 Å². The van der Waals surface area contributed by atoms with E-state index >= 15 is 0 Å². The lowest BCUT2D eigenvalue weighted by atomic mass is 10.4. The molecule has 0 rings (SSSR count). The van der Waals surface area contributed by atoms with Crippen LogP contribution in [0.5, 0.6) is 0 Å². The van der Waals surface area contributed by atoms with Gasteiger partial charge in [0.1, 0.15) is 0 Å². The Morgan fingerprint density at radius 1 is 0.361 bits per heavy atom. The van der Waals surface area contributed by atoms with Gasteiger partial charge in [0.05, 0.1) is 0 Å². The van der Waals surface area contributed by atoms with Crippen LogP contribution in [0.1, 0.15) is 40.5 Å². The predicted molar refractivity (Wildman–Crippen MR) is 198 cm³/mol. The second-order valence-corrected chi connectivity index (χ2v) is 60.0. The van der Waals surface area contributed by atoms with Gasteiger partial charge in [-0.2, -0.15) is 0 Å². The van der Waals surface area contributed by atoms with E-state index in [0.29, 0.717) is 0 Å². The van der Waals surface area contributed by atoms with Crippen LogP contribution in [0.3, 0.4) is 0 Å². The maximum absolute atomic E-state index is 2.71.